The quantitative estimate of drug-likeness (QED) is 0.694. The molecule has 0 bridgehead atoms. The topological polar surface area (TPSA) is 17.1 Å². The summed E-state index contributed by atoms with van der Waals surface area (Å²) < 4.78 is 0. The number of Topliss-reactive ketones (excluding diaryl/α,β-unsaturated/α-hetero) is 1. The van der Waals surface area contributed by atoms with Gasteiger partial charge in [0.05, 0.1) is 0 Å². The minimum atomic E-state index is 0.224. The Labute approximate surface area is 115 Å². The van der Waals surface area contributed by atoms with Crippen LogP contribution in [-0.4, -0.2) is 5.78 Å². The van der Waals surface area contributed by atoms with E-state index in [0.29, 0.717) is 6.42 Å². The maximum atomic E-state index is 12.0. The molecule has 0 fully saturated rings. The van der Waals surface area contributed by atoms with Crippen molar-refractivity contribution >= 4 is 5.78 Å². The van der Waals surface area contributed by atoms with Gasteiger partial charge in [-0.25, -0.2) is 0 Å². The third-order valence-electron chi connectivity index (χ3n) is 3.27. The number of hydrogen-bond donors (Lipinski definition) is 0. The van der Waals surface area contributed by atoms with Gasteiger partial charge in [-0.2, -0.15) is 0 Å². The molecule has 2 rings (SSSR count). The zero-order valence-corrected chi connectivity index (χ0v) is 11.4. The predicted octanol–water partition coefficient (Wildman–Crippen LogP) is 4.45. The molecule has 0 saturated carbocycles. The molecule has 0 radical (unpaired) electrons. The molecule has 2 aromatic rings. The first kappa shape index (κ1) is 13.5. The van der Waals surface area contributed by atoms with Gasteiger partial charge in [-0.3, -0.25) is 4.79 Å². The van der Waals surface area contributed by atoms with Gasteiger partial charge in [0.2, 0.25) is 0 Å². The Morgan fingerprint density at radius 1 is 0.895 bits per heavy atom. The van der Waals surface area contributed by atoms with Crippen LogP contribution in [0.15, 0.2) is 54.6 Å². The first-order valence-corrected chi connectivity index (χ1v) is 6.95. The highest BCUT2D eigenvalue weighted by Crippen LogP contribution is 2.11. The third-order valence-corrected chi connectivity index (χ3v) is 3.27. The lowest BCUT2D eigenvalue weighted by atomic mass is 10.0. The SMILES string of the molecule is CCCc1cccc(CCC(=O)c2ccccc2)c1. The van der Waals surface area contributed by atoms with Gasteiger partial charge >= 0.3 is 0 Å². The van der Waals surface area contributed by atoms with E-state index in [4.69, 9.17) is 0 Å². The standard InChI is InChI=1S/C18H20O/c1-2-7-15-8-6-9-16(14-15)12-13-18(19)17-10-4-3-5-11-17/h3-6,8-11,14H,2,7,12-13H2,1H3. The van der Waals surface area contributed by atoms with E-state index in [-0.39, 0.29) is 5.78 Å². The van der Waals surface area contributed by atoms with Gasteiger partial charge in [0.25, 0.3) is 0 Å². The second-order valence-electron chi connectivity index (χ2n) is 4.86. The molecule has 0 aliphatic carbocycles. The van der Waals surface area contributed by atoms with E-state index >= 15 is 0 Å². The van der Waals surface area contributed by atoms with E-state index in [1.807, 2.05) is 30.3 Å². The average Bonchev–Trinajstić information content (AvgIpc) is 2.46. The Hall–Kier alpha value is -1.89. The summed E-state index contributed by atoms with van der Waals surface area (Å²) in [5.74, 6) is 0.224. The van der Waals surface area contributed by atoms with Crippen molar-refractivity contribution in [2.24, 2.45) is 0 Å². The fourth-order valence-electron chi connectivity index (χ4n) is 2.26. The number of benzene rings is 2. The summed E-state index contributed by atoms with van der Waals surface area (Å²) in [5.41, 5.74) is 3.44. The van der Waals surface area contributed by atoms with Crippen molar-refractivity contribution in [2.45, 2.75) is 32.6 Å². The van der Waals surface area contributed by atoms with Gasteiger partial charge in [-0.1, -0.05) is 67.9 Å². The second-order valence-corrected chi connectivity index (χ2v) is 4.86. The number of hydrogen-bond acceptors (Lipinski definition) is 1. The summed E-state index contributed by atoms with van der Waals surface area (Å²) >= 11 is 0. The van der Waals surface area contributed by atoms with Crippen molar-refractivity contribution in [1.29, 1.82) is 0 Å². The smallest absolute Gasteiger partial charge is 0.163 e. The van der Waals surface area contributed by atoms with Gasteiger partial charge in [0.1, 0.15) is 0 Å². The Morgan fingerprint density at radius 3 is 2.26 bits per heavy atom. The molecule has 0 saturated heterocycles. The minimum absolute atomic E-state index is 0.224. The summed E-state index contributed by atoms with van der Waals surface area (Å²) in [6.07, 6.45) is 3.68. The molecule has 0 aliphatic heterocycles. The molecule has 98 valence electrons. The fraction of sp³-hybridized carbons (Fsp3) is 0.278. The lowest BCUT2D eigenvalue weighted by molar-refractivity contribution is 0.0983. The van der Waals surface area contributed by atoms with E-state index < -0.39 is 0 Å². The Bertz CT molecular complexity index is 528. The van der Waals surface area contributed by atoms with Crippen LogP contribution >= 0.6 is 0 Å². The molecule has 1 heteroatoms. The van der Waals surface area contributed by atoms with Crippen molar-refractivity contribution < 1.29 is 4.79 Å². The van der Waals surface area contributed by atoms with Crippen molar-refractivity contribution in [2.75, 3.05) is 0 Å². The van der Waals surface area contributed by atoms with Crippen LogP contribution in [0.3, 0.4) is 0 Å². The third kappa shape index (κ3) is 4.06. The number of rotatable bonds is 6. The highest BCUT2D eigenvalue weighted by atomic mass is 16.1. The molecular weight excluding hydrogens is 232 g/mol. The van der Waals surface area contributed by atoms with Gasteiger partial charge < -0.3 is 0 Å². The van der Waals surface area contributed by atoms with E-state index in [1.54, 1.807) is 0 Å². The zero-order chi connectivity index (χ0) is 13.5. The van der Waals surface area contributed by atoms with Crippen molar-refractivity contribution in [3.05, 3.63) is 71.3 Å². The minimum Gasteiger partial charge on any atom is -0.294 e. The maximum Gasteiger partial charge on any atom is 0.163 e. The molecule has 0 aromatic heterocycles. The molecule has 0 spiro atoms. The van der Waals surface area contributed by atoms with Crippen LogP contribution in [0, 0.1) is 0 Å². The Balaban J connectivity index is 1.95. The molecule has 0 unspecified atom stereocenters. The predicted molar refractivity (Wildman–Crippen MR) is 79.5 cm³/mol. The van der Waals surface area contributed by atoms with Gasteiger partial charge in [-0.05, 0) is 24.0 Å². The van der Waals surface area contributed by atoms with Crippen molar-refractivity contribution in [3.8, 4) is 0 Å². The van der Waals surface area contributed by atoms with Crippen LogP contribution in [-0.2, 0) is 12.8 Å². The van der Waals surface area contributed by atoms with E-state index in [2.05, 4.69) is 31.2 Å². The van der Waals surface area contributed by atoms with Crippen LogP contribution < -0.4 is 0 Å². The van der Waals surface area contributed by atoms with Gasteiger partial charge in [-0.15, -0.1) is 0 Å². The molecule has 0 atom stereocenters. The largest absolute Gasteiger partial charge is 0.294 e. The van der Waals surface area contributed by atoms with Crippen LogP contribution in [0.5, 0.6) is 0 Å². The Kier molecular flexibility index (Phi) is 4.91. The van der Waals surface area contributed by atoms with Crippen LogP contribution in [0.25, 0.3) is 0 Å². The summed E-state index contributed by atoms with van der Waals surface area (Å²) in [5, 5.41) is 0. The molecule has 0 amide bonds. The van der Waals surface area contributed by atoms with Crippen LogP contribution in [0.2, 0.25) is 0 Å². The normalized spacial score (nSPS) is 10.4. The summed E-state index contributed by atoms with van der Waals surface area (Å²) in [4.78, 5) is 12.0. The van der Waals surface area contributed by atoms with E-state index in [0.717, 1.165) is 24.8 Å². The highest BCUT2D eigenvalue weighted by molar-refractivity contribution is 5.96. The lowest BCUT2D eigenvalue weighted by Crippen LogP contribution is -2.01. The van der Waals surface area contributed by atoms with Crippen LogP contribution in [0.4, 0.5) is 0 Å². The highest BCUT2D eigenvalue weighted by Gasteiger charge is 2.05. The number of carbonyl (C=O) groups excluding carboxylic acids is 1. The maximum absolute atomic E-state index is 12.0. The molecule has 0 heterocycles. The monoisotopic (exact) mass is 252 g/mol. The molecule has 19 heavy (non-hydrogen) atoms. The van der Waals surface area contributed by atoms with Crippen molar-refractivity contribution in [1.82, 2.24) is 0 Å². The zero-order valence-electron chi connectivity index (χ0n) is 11.4. The first-order chi connectivity index (χ1) is 9.29. The number of aryl methyl sites for hydroxylation is 2. The number of carbonyl (C=O) groups is 1. The second kappa shape index (κ2) is 6.89. The van der Waals surface area contributed by atoms with Crippen molar-refractivity contribution in [3.63, 3.8) is 0 Å². The average molecular weight is 252 g/mol. The molecule has 0 aliphatic rings. The van der Waals surface area contributed by atoms with Gasteiger partial charge in [0, 0.05) is 12.0 Å². The first-order valence-electron chi connectivity index (χ1n) is 6.95. The van der Waals surface area contributed by atoms with Gasteiger partial charge in [0.15, 0.2) is 5.78 Å². The van der Waals surface area contributed by atoms with E-state index in [1.165, 1.54) is 11.1 Å². The fourth-order valence-corrected chi connectivity index (χ4v) is 2.26. The summed E-state index contributed by atoms with van der Waals surface area (Å²) in [7, 11) is 0. The molecule has 2 aromatic carbocycles. The molecule has 1 nitrogen and oxygen atoms in total. The summed E-state index contributed by atoms with van der Waals surface area (Å²) in [6, 6.07) is 18.1. The Morgan fingerprint density at radius 2 is 1.58 bits per heavy atom. The van der Waals surface area contributed by atoms with E-state index in [9.17, 15) is 4.79 Å². The number of ketones is 1. The summed E-state index contributed by atoms with van der Waals surface area (Å²) in [6.45, 7) is 2.19. The molecule has 0 N–H and O–H groups in total. The molecular formula is C18H20O. The lowest BCUT2D eigenvalue weighted by Gasteiger charge is -2.04. The van der Waals surface area contributed by atoms with Crippen LogP contribution in [0.1, 0.15) is 41.3 Å².